The average molecular weight is 636 g/mol. The molecule has 10 nitrogen and oxygen atoms in total. The van der Waals surface area contributed by atoms with E-state index in [4.69, 9.17) is 9.84 Å². The van der Waals surface area contributed by atoms with E-state index in [1.165, 1.54) is 11.1 Å². The Morgan fingerprint density at radius 1 is 1.02 bits per heavy atom. The largest absolute Gasteiger partial charge is 0.493 e. The van der Waals surface area contributed by atoms with Gasteiger partial charge in [-0.05, 0) is 97.0 Å². The van der Waals surface area contributed by atoms with Gasteiger partial charge >= 0.3 is 12.0 Å². The van der Waals surface area contributed by atoms with Gasteiger partial charge in [-0.15, -0.1) is 0 Å². The molecule has 0 saturated heterocycles. The van der Waals surface area contributed by atoms with Gasteiger partial charge in [-0.3, -0.25) is 14.3 Å². The van der Waals surface area contributed by atoms with Crippen LogP contribution in [-0.4, -0.2) is 52.5 Å². The molecule has 2 heterocycles. The second-order valence-corrected chi connectivity index (χ2v) is 12.5. The minimum Gasteiger partial charge on any atom is -0.493 e. The number of benzene rings is 3. The van der Waals surface area contributed by atoms with Crippen molar-refractivity contribution in [3.8, 4) is 16.9 Å². The molecule has 1 aliphatic heterocycles. The lowest BCUT2D eigenvalue weighted by molar-refractivity contribution is -0.136. The highest BCUT2D eigenvalue weighted by Crippen LogP contribution is 2.53. The third-order valence-corrected chi connectivity index (χ3v) is 9.33. The maximum absolute atomic E-state index is 13.6. The summed E-state index contributed by atoms with van der Waals surface area (Å²) in [6.07, 6.45) is 7.11. The van der Waals surface area contributed by atoms with Crippen molar-refractivity contribution in [2.24, 2.45) is 5.92 Å². The van der Waals surface area contributed by atoms with Crippen LogP contribution in [-0.2, 0) is 16.1 Å². The molecule has 0 radical (unpaired) electrons. The molecular weight excluding hydrogens is 594 g/mol. The molecule has 10 heteroatoms. The van der Waals surface area contributed by atoms with E-state index in [1.54, 1.807) is 6.07 Å². The maximum Gasteiger partial charge on any atom is 0.319 e. The quantitative estimate of drug-likeness (QED) is 0.152. The van der Waals surface area contributed by atoms with Gasteiger partial charge in [0, 0.05) is 42.6 Å². The van der Waals surface area contributed by atoms with Gasteiger partial charge in [-0.1, -0.05) is 36.4 Å². The van der Waals surface area contributed by atoms with E-state index in [9.17, 15) is 14.4 Å². The summed E-state index contributed by atoms with van der Waals surface area (Å²) >= 11 is 0. The Kier molecular flexibility index (Phi) is 9.56. The Labute approximate surface area is 274 Å². The minimum atomic E-state index is -0.967. The van der Waals surface area contributed by atoms with Crippen LogP contribution < -0.4 is 20.3 Å². The van der Waals surface area contributed by atoms with E-state index in [0.29, 0.717) is 43.5 Å². The number of aryl methyl sites for hydroxylation is 1. The Bertz CT molecular complexity index is 1780. The monoisotopic (exact) mass is 635 g/mol. The molecule has 1 saturated carbocycles. The first-order valence-corrected chi connectivity index (χ1v) is 16.3. The molecule has 6 rings (SSSR count). The first-order valence-electron chi connectivity index (χ1n) is 16.3. The van der Waals surface area contributed by atoms with Gasteiger partial charge in [0.05, 0.1) is 25.8 Å². The van der Waals surface area contributed by atoms with E-state index in [2.05, 4.69) is 47.8 Å². The predicted octanol–water partition coefficient (Wildman–Crippen LogP) is 6.51. The number of carboxylic acid groups (broad SMARTS) is 1. The van der Waals surface area contributed by atoms with Crippen molar-refractivity contribution in [2.45, 2.75) is 58.4 Å². The summed E-state index contributed by atoms with van der Waals surface area (Å²) in [5.74, 6) is 0.949. The predicted molar refractivity (Wildman–Crippen MR) is 181 cm³/mol. The number of hydrogen-bond donors (Lipinski definition) is 3. The minimum absolute atomic E-state index is 0.0524. The summed E-state index contributed by atoms with van der Waals surface area (Å²) in [5, 5.41) is 18.7. The molecule has 3 aromatic carbocycles. The number of urea groups is 1. The molecule has 2 atom stereocenters. The van der Waals surface area contributed by atoms with Crippen molar-refractivity contribution >= 4 is 29.3 Å². The summed E-state index contributed by atoms with van der Waals surface area (Å²) in [6, 6.07) is 19.3. The van der Waals surface area contributed by atoms with Gasteiger partial charge < -0.3 is 25.4 Å². The zero-order valence-electron chi connectivity index (χ0n) is 26.9. The van der Waals surface area contributed by atoms with Gasteiger partial charge in [-0.2, -0.15) is 5.10 Å². The number of fused-ring (bicyclic) bond motifs is 3. The number of aromatic nitrogens is 2. The van der Waals surface area contributed by atoms with E-state index >= 15 is 0 Å². The number of aliphatic carboxylic acids is 1. The average Bonchev–Trinajstić information content (AvgIpc) is 3.49. The first-order chi connectivity index (χ1) is 22.8. The van der Waals surface area contributed by atoms with Crippen LogP contribution in [0.3, 0.4) is 0 Å². The third kappa shape index (κ3) is 7.32. The van der Waals surface area contributed by atoms with Gasteiger partial charge in [0.25, 0.3) is 0 Å². The molecule has 1 aromatic heterocycles. The summed E-state index contributed by atoms with van der Waals surface area (Å²) in [6.45, 7) is 5.96. The van der Waals surface area contributed by atoms with Gasteiger partial charge in [0.1, 0.15) is 5.75 Å². The van der Waals surface area contributed by atoms with Crippen LogP contribution in [0.1, 0.15) is 60.3 Å². The molecule has 0 unspecified atom stereocenters. The Hall–Kier alpha value is -5.12. The first kappa shape index (κ1) is 31.8. The van der Waals surface area contributed by atoms with Crippen molar-refractivity contribution in [3.63, 3.8) is 0 Å². The van der Waals surface area contributed by atoms with Crippen LogP contribution in [0.15, 0.2) is 73.1 Å². The molecule has 244 valence electrons. The lowest BCUT2D eigenvalue weighted by Gasteiger charge is -2.47. The molecule has 0 bridgehead atoms. The van der Waals surface area contributed by atoms with Crippen LogP contribution >= 0.6 is 0 Å². The second kappa shape index (κ2) is 14.1. The lowest BCUT2D eigenvalue weighted by atomic mass is 9.65. The fourth-order valence-corrected chi connectivity index (χ4v) is 6.57. The molecule has 0 spiro atoms. The number of nitrogens with one attached hydrogen (secondary N) is 2. The molecule has 2 aliphatic rings. The number of ether oxygens (including phenoxy) is 1. The number of amides is 3. The van der Waals surface area contributed by atoms with Gasteiger partial charge in [0.2, 0.25) is 5.91 Å². The normalized spacial score (nSPS) is 16.4. The Balaban J connectivity index is 1.12. The number of hydrogen-bond acceptors (Lipinski definition) is 5. The highest BCUT2D eigenvalue weighted by atomic mass is 16.5. The number of carboxylic acids is 1. The van der Waals surface area contributed by atoms with Crippen molar-refractivity contribution in [2.75, 3.05) is 29.9 Å². The number of rotatable bonds is 12. The molecule has 3 N–H and O–H groups in total. The van der Waals surface area contributed by atoms with E-state index in [0.717, 1.165) is 53.1 Å². The number of carbonyl (C=O) groups is 3. The van der Waals surface area contributed by atoms with Crippen molar-refractivity contribution < 1.29 is 24.2 Å². The molecular formula is C37H41N5O5. The molecule has 1 aliphatic carbocycles. The van der Waals surface area contributed by atoms with E-state index in [-0.39, 0.29) is 18.9 Å². The zero-order valence-corrected chi connectivity index (χ0v) is 26.9. The summed E-state index contributed by atoms with van der Waals surface area (Å²) < 4.78 is 7.90. The number of carbonyl (C=O) groups excluding carboxylic acids is 2. The van der Waals surface area contributed by atoms with Crippen molar-refractivity contribution in [3.05, 3.63) is 95.3 Å². The SMILES string of the molecule is Cc1cccc(OCCCC(=O)N2C[C@H]3CC[C@H]3c3c(-c4cnn(Cc5cccc(NC(=O)NCCC(=O)O)c5)c4)cccc32)c1C. The standard InChI is InChI=1S/C37H41N5O5/c1-24-7-3-12-33(25(24)2)47-18-6-13-34(43)42-23-27-14-15-31(27)36-30(10-5-11-32(36)42)28-20-39-41(22-28)21-26-8-4-9-29(19-26)40-37(46)38-17-16-35(44)45/h3-5,7-12,19-20,22,27,31H,6,13-18,21,23H2,1-2H3,(H,44,45)(H2,38,40,46)/t27-,31-/m1/s1. The second-order valence-electron chi connectivity index (χ2n) is 12.5. The van der Waals surface area contributed by atoms with Crippen LogP contribution in [0.5, 0.6) is 5.75 Å². The highest BCUT2D eigenvalue weighted by molar-refractivity contribution is 5.96. The van der Waals surface area contributed by atoms with Gasteiger partial charge in [-0.25, -0.2) is 4.79 Å². The number of anilines is 2. The van der Waals surface area contributed by atoms with Crippen LogP contribution in [0.2, 0.25) is 0 Å². The molecule has 3 amide bonds. The summed E-state index contributed by atoms with van der Waals surface area (Å²) in [7, 11) is 0. The summed E-state index contributed by atoms with van der Waals surface area (Å²) in [4.78, 5) is 38.4. The highest BCUT2D eigenvalue weighted by Gasteiger charge is 2.42. The smallest absolute Gasteiger partial charge is 0.319 e. The maximum atomic E-state index is 13.6. The van der Waals surface area contributed by atoms with Crippen LogP contribution in [0.25, 0.3) is 11.1 Å². The van der Waals surface area contributed by atoms with E-state index < -0.39 is 12.0 Å². The summed E-state index contributed by atoms with van der Waals surface area (Å²) in [5.41, 5.74) is 8.28. The van der Waals surface area contributed by atoms with E-state index in [1.807, 2.05) is 58.4 Å². The van der Waals surface area contributed by atoms with Crippen molar-refractivity contribution in [1.29, 1.82) is 0 Å². The third-order valence-electron chi connectivity index (χ3n) is 9.33. The van der Waals surface area contributed by atoms with Crippen LogP contribution in [0.4, 0.5) is 16.2 Å². The fraction of sp³-hybridized carbons (Fsp3) is 0.351. The van der Waals surface area contributed by atoms with Crippen LogP contribution in [0, 0.1) is 19.8 Å². The zero-order chi connectivity index (χ0) is 32.9. The van der Waals surface area contributed by atoms with Crippen molar-refractivity contribution in [1.82, 2.24) is 15.1 Å². The van der Waals surface area contributed by atoms with Gasteiger partial charge in [0.15, 0.2) is 0 Å². The fourth-order valence-electron chi connectivity index (χ4n) is 6.57. The lowest BCUT2D eigenvalue weighted by Crippen LogP contribution is -2.45. The molecule has 1 fully saturated rings. The Morgan fingerprint density at radius 2 is 1.85 bits per heavy atom. The number of nitrogens with zero attached hydrogens (tertiary/aromatic N) is 3. The Morgan fingerprint density at radius 3 is 2.66 bits per heavy atom. The molecule has 47 heavy (non-hydrogen) atoms. The topological polar surface area (TPSA) is 126 Å². The molecule has 4 aromatic rings.